The molecular formula is C6H7NS. The number of hydrogen-bond acceptors (Lipinski definition) is 2. The Morgan fingerprint density at radius 3 is 3.12 bits per heavy atom. The van der Waals surface area contributed by atoms with E-state index in [4.69, 9.17) is 0 Å². The van der Waals surface area contributed by atoms with Gasteiger partial charge in [0.15, 0.2) is 0 Å². The van der Waals surface area contributed by atoms with Crippen LogP contribution in [0.2, 0.25) is 0 Å². The first-order valence-corrected chi connectivity index (χ1v) is 3.38. The predicted molar refractivity (Wildman–Crippen MR) is 36.8 cm³/mol. The number of allylic oxidation sites excluding steroid dienone is 1. The highest BCUT2D eigenvalue weighted by Crippen LogP contribution is 2.01. The summed E-state index contributed by atoms with van der Waals surface area (Å²) in [6, 6.07) is 0. The lowest BCUT2D eigenvalue weighted by atomic mass is 10.4. The van der Waals surface area contributed by atoms with Crippen LogP contribution in [0.5, 0.6) is 0 Å². The van der Waals surface area contributed by atoms with Crippen molar-refractivity contribution in [3.63, 3.8) is 0 Å². The van der Waals surface area contributed by atoms with Gasteiger partial charge >= 0.3 is 0 Å². The van der Waals surface area contributed by atoms with Gasteiger partial charge in [0.1, 0.15) is 0 Å². The topological polar surface area (TPSA) is 12.9 Å². The summed E-state index contributed by atoms with van der Waals surface area (Å²) < 4.78 is 0. The lowest BCUT2D eigenvalue weighted by molar-refractivity contribution is 1.38. The number of nitrogens with zero attached hydrogens (tertiary/aromatic N) is 1. The summed E-state index contributed by atoms with van der Waals surface area (Å²) in [4.78, 5) is 4.04. The van der Waals surface area contributed by atoms with Crippen molar-refractivity contribution in [3.8, 4) is 0 Å². The van der Waals surface area contributed by atoms with Gasteiger partial charge < -0.3 is 0 Å². The number of thiazole rings is 1. The molecule has 0 aromatic carbocycles. The molecule has 0 aliphatic heterocycles. The van der Waals surface area contributed by atoms with Gasteiger partial charge in [0.05, 0.1) is 11.2 Å². The Labute approximate surface area is 52.7 Å². The Balaban J connectivity index is 2.77. The summed E-state index contributed by atoms with van der Waals surface area (Å²) >= 11 is 1.62. The fourth-order valence-electron chi connectivity index (χ4n) is 0.475. The van der Waals surface area contributed by atoms with E-state index in [1.807, 2.05) is 30.0 Å². The van der Waals surface area contributed by atoms with Gasteiger partial charge in [0, 0.05) is 5.38 Å². The van der Waals surface area contributed by atoms with Crippen LogP contribution in [0.4, 0.5) is 0 Å². The lowest BCUT2D eigenvalue weighted by Crippen LogP contribution is -1.63. The van der Waals surface area contributed by atoms with Gasteiger partial charge in [-0.3, -0.25) is 0 Å². The van der Waals surface area contributed by atoms with E-state index >= 15 is 0 Å². The van der Waals surface area contributed by atoms with Gasteiger partial charge in [-0.15, -0.1) is 11.3 Å². The van der Waals surface area contributed by atoms with Crippen LogP contribution < -0.4 is 0 Å². The minimum atomic E-state index is 1.05. The van der Waals surface area contributed by atoms with Gasteiger partial charge in [-0.05, 0) is 13.0 Å². The molecule has 0 spiro atoms. The molecule has 0 N–H and O–H groups in total. The van der Waals surface area contributed by atoms with Crippen molar-refractivity contribution < 1.29 is 0 Å². The zero-order chi connectivity index (χ0) is 5.82. The van der Waals surface area contributed by atoms with E-state index in [1.54, 1.807) is 11.3 Å². The van der Waals surface area contributed by atoms with Gasteiger partial charge in [0.25, 0.3) is 0 Å². The zero-order valence-corrected chi connectivity index (χ0v) is 5.48. The molecule has 0 amide bonds. The molecule has 0 atom stereocenters. The Kier molecular flexibility index (Phi) is 1.80. The highest BCUT2D eigenvalue weighted by Gasteiger charge is 1.81. The van der Waals surface area contributed by atoms with Crippen molar-refractivity contribution in [3.05, 3.63) is 22.7 Å². The molecule has 1 nitrogen and oxygen atoms in total. The zero-order valence-electron chi connectivity index (χ0n) is 4.66. The Hall–Kier alpha value is -0.630. The molecule has 2 heteroatoms. The molecule has 0 bridgehead atoms. The monoisotopic (exact) mass is 125 g/mol. The normalized spacial score (nSPS) is 10.6. The van der Waals surface area contributed by atoms with E-state index in [9.17, 15) is 0 Å². The summed E-state index contributed by atoms with van der Waals surface area (Å²) in [6.45, 7) is 1.99. The number of hydrogen-bond donors (Lipinski definition) is 0. The molecule has 0 radical (unpaired) electrons. The molecule has 8 heavy (non-hydrogen) atoms. The van der Waals surface area contributed by atoms with Crippen molar-refractivity contribution in [1.82, 2.24) is 4.98 Å². The molecule has 1 heterocycles. The summed E-state index contributed by atoms with van der Waals surface area (Å²) in [5.41, 5.74) is 2.88. The quantitative estimate of drug-likeness (QED) is 0.560. The fraction of sp³-hybridized carbons (Fsp3) is 0.167. The van der Waals surface area contributed by atoms with Crippen LogP contribution in [0.15, 0.2) is 17.0 Å². The van der Waals surface area contributed by atoms with Crippen LogP contribution in [0.3, 0.4) is 0 Å². The molecule has 0 aliphatic rings. The summed E-state index contributed by atoms with van der Waals surface area (Å²) in [6.07, 6.45) is 3.96. The van der Waals surface area contributed by atoms with E-state index in [1.165, 1.54) is 0 Å². The van der Waals surface area contributed by atoms with Gasteiger partial charge in [-0.1, -0.05) is 6.08 Å². The van der Waals surface area contributed by atoms with Crippen LogP contribution in [0, 0.1) is 0 Å². The Bertz CT molecular complexity index is 165. The predicted octanol–water partition coefficient (Wildman–Crippen LogP) is 2.18. The first kappa shape index (κ1) is 5.51. The molecule has 0 fully saturated rings. The molecular weight excluding hydrogens is 118 g/mol. The first-order chi connectivity index (χ1) is 3.93. The number of rotatable bonds is 1. The molecule has 1 aromatic rings. The largest absolute Gasteiger partial charge is 0.245 e. The molecule has 0 aliphatic carbocycles. The second-order valence-corrected chi connectivity index (χ2v) is 2.13. The highest BCUT2D eigenvalue weighted by atomic mass is 32.1. The molecule has 1 aromatic heterocycles. The maximum absolute atomic E-state index is 4.04. The van der Waals surface area contributed by atoms with E-state index in [0.717, 1.165) is 5.69 Å². The Morgan fingerprint density at radius 2 is 2.62 bits per heavy atom. The summed E-state index contributed by atoms with van der Waals surface area (Å²) in [7, 11) is 0. The van der Waals surface area contributed by atoms with Crippen molar-refractivity contribution in [2.24, 2.45) is 0 Å². The third-order valence-electron chi connectivity index (χ3n) is 0.789. The molecule has 0 saturated carbocycles. The SMILES string of the molecule is C/C=C/c1cscn1. The second-order valence-electron chi connectivity index (χ2n) is 1.41. The van der Waals surface area contributed by atoms with Crippen molar-refractivity contribution in [2.45, 2.75) is 6.92 Å². The first-order valence-electron chi connectivity index (χ1n) is 2.44. The van der Waals surface area contributed by atoms with E-state index in [0.29, 0.717) is 0 Å². The molecule has 0 unspecified atom stereocenters. The third-order valence-corrected chi connectivity index (χ3v) is 1.39. The second kappa shape index (κ2) is 2.62. The van der Waals surface area contributed by atoms with Crippen LogP contribution in [0.25, 0.3) is 6.08 Å². The van der Waals surface area contributed by atoms with Crippen molar-refractivity contribution >= 4 is 17.4 Å². The van der Waals surface area contributed by atoms with Gasteiger partial charge in [-0.2, -0.15) is 0 Å². The number of aromatic nitrogens is 1. The van der Waals surface area contributed by atoms with Gasteiger partial charge in [0.2, 0.25) is 0 Å². The standard InChI is InChI=1S/C6H7NS/c1-2-3-6-4-8-5-7-6/h2-5H,1H3/b3-2+. The fourth-order valence-corrected chi connectivity index (χ4v) is 0.997. The summed E-state index contributed by atoms with van der Waals surface area (Å²) in [5.74, 6) is 0. The van der Waals surface area contributed by atoms with Crippen LogP contribution in [0.1, 0.15) is 12.6 Å². The lowest BCUT2D eigenvalue weighted by Gasteiger charge is -1.73. The smallest absolute Gasteiger partial charge is 0.0798 e. The van der Waals surface area contributed by atoms with Crippen LogP contribution in [-0.4, -0.2) is 4.98 Å². The van der Waals surface area contributed by atoms with E-state index in [2.05, 4.69) is 4.98 Å². The average Bonchev–Trinajstić information content (AvgIpc) is 2.19. The minimum absolute atomic E-state index is 1.05. The van der Waals surface area contributed by atoms with Crippen LogP contribution >= 0.6 is 11.3 Å². The minimum Gasteiger partial charge on any atom is -0.245 e. The maximum atomic E-state index is 4.04. The summed E-state index contributed by atoms with van der Waals surface area (Å²) in [5, 5.41) is 2.01. The average molecular weight is 125 g/mol. The highest BCUT2D eigenvalue weighted by molar-refractivity contribution is 7.07. The maximum Gasteiger partial charge on any atom is 0.0798 e. The van der Waals surface area contributed by atoms with E-state index < -0.39 is 0 Å². The van der Waals surface area contributed by atoms with E-state index in [-0.39, 0.29) is 0 Å². The van der Waals surface area contributed by atoms with Crippen LogP contribution in [-0.2, 0) is 0 Å². The molecule has 42 valence electrons. The van der Waals surface area contributed by atoms with Gasteiger partial charge in [-0.25, -0.2) is 4.98 Å². The van der Waals surface area contributed by atoms with Crippen molar-refractivity contribution in [2.75, 3.05) is 0 Å². The Morgan fingerprint density at radius 1 is 1.75 bits per heavy atom. The van der Waals surface area contributed by atoms with Crippen molar-refractivity contribution in [1.29, 1.82) is 0 Å². The third kappa shape index (κ3) is 1.17. The molecule has 1 rings (SSSR count). The molecule has 0 saturated heterocycles.